The van der Waals surface area contributed by atoms with Crippen LogP contribution in [0.2, 0.25) is 0 Å². The molecule has 3 aromatic rings. The summed E-state index contributed by atoms with van der Waals surface area (Å²) in [6.07, 6.45) is 3.92. The summed E-state index contributed by atoms with van der Waals surface area (Å²) >= 11 is 0. The molecule has 1 heterocycles. The second kappa shape index (κ2) is 15.8. The van der Waals surface area contributed by atoms with E-state index in [1.54, 1.807) is 37.4 Å². The van der Waals surface area contributed by atoms with Gasteiger partial charge in [0, 0.05) is 18.2 Å². The summed E-state index contributed by atoms with van der Waals surface area (Å²) in [6, 6.07) is 19.5. The highest BCUT2D eigenvalue weighted by Gasteiger charge is 2.22. The number of amides is 4. The second-order valence-corrected chi connectivity index (χ2v) is 9.20. The first-order valence-corrected chi connectivity index (χ1v) is 13.3. The van der Waals surface area contributed by atoms with Crippen LogP contribution in [-0.2, 0) is 21.0 Å². The van der Waals surface area contributed by atoms with Gasteiger partial charge in [-0.2, -0.15) is 0 Å². The number of hydrogen-bond donors (Lipinski definition) is 3. The lowest BCUT2D eigenvalue weighted by molar-refractivity contribution is -0.182. The lowest BCUT2D eigenvalue weighted by Gasteiger charge is -2.23. The van der Waals surface area contributed by atoms with Gasteiger partial charge in [-0.1, -0.05) is 68.7 Å². The molecule has 212 valence electrons. The minimum absolute atomic E-state index is 0.0653. The van der Waals surface area contributed by atoms with Gasteiger partial charge in [0.25, 0.3) is 11.8 Å². The number of carbonyl (C=O) groups is 4. The summed E-state index contributed by atoms with van der Waals surface area (Å²) in [6.45, 7) is 2.26. The van der Waals surface area contributed by atoms with E-state index in [0.717, 1.165) is 29.9 Å². The van der Waals surface area contributed by atoms with E-state index in [4.69, 9.17) is 9.25 Å². The molecule has 4 amide bonds. The van der Waals surface area contributed by atoms with E-state index >= 15 is 0 Å². The van der Waals surface area contributed by atoms with Gasteiger partial charge < -0.3 is 20.4 Å². The molecule has 3 N–H and O–H groups in total. The van der Waals surface area contributed by atoms with Crippen LogP contribution in [0.15, 0.2) is 71.1 Å². The van der Waals surface area contributed by atoms with Crippen molar-refractivity contribution in [1.82, 2.24) is 21.0 Å². The van der Waals surface area contributed by atoms with Gasteiger partial charge in [0.1, 0.15) is 12.4 Å². The van der Waals surface area contributed by atoms with Crippen LogP contribution in [0.3, 0.4) is 0 Å². The Balaban J connectivity index is 1.54. The fourth-order valence-electron chi connectivity index (χ4n) is 4.04. The summed E-state index contributed by atoms with van der Waals surface area (Å²) in [5, 5.41) is 9.06. The fraction of sp³-hybridized carbons (Fsp3) is 0.333. The van der Waals surface area contributed by atoms with E-state index in [9.17, 15) is 19.2 Å². The van der Waals surface area contributed by atoms with Crippen molar-refractivity contribution in [3.8, 4) is 11.3 Å². The molecule has 0 saturated heterocycles. The highest BCUT2D eigenvalue weighted by molar-refractivity contribution is 5.95. The minimum Gasteiger partial charge on any atom is -0.451 e. The highest BCUT2D eigenvalue weighted by atomic mass is 16.7. The van der Waals surface area contributed by atoms with Gasteiger partial charge in [-0.3, -0.25) is 24.0 Å². The van der Waals surface area contributed by atoms with Crippen molar-refractivity contribution >= 4 is 24.1 Å². The van der Waals surface area contributed by atoms with Crippen LogP contribution >= 0.6 is 0 Å². The Labute approximate surface area is 234 Å². The van der Waals surface area contributed by atoms with Crippen molar-refractivity contribution in [3.63, 3.8) is 0 Å². The first kappa shape index (κ1) is 30.1. The van der Waals surface area contributed by atoms with Crippen LogP contribution in [0.4, 0.5) is 0 Å². The molecule has 1 unspecified atom stereocenters. The van der Waals surface area contributed by atoms with E-state index in [-0.39, 0.29) is 37.4 Å². The maximum absolute atomic E-state index is 13.0. The summed E-state index contributed by atoms with van der Waals surface area (Å²) in [5.74, 6) is -1.03. The molecule has 40 heavy (non-hydrogen) atoms. The van der Waals surface area contributed by atoms with Crippen LogP contribution in [0, 0.1) is 5.92 Å². The summed E-state index contributed by atoms with van der Waals surface area (Å²) in [4.78, 5) is 54.7. The van der Waals surface area contributed by atoms with Crippen molar-refractivity contribution in [2.75, 3.05) is 20.3 Å². The molecule has 0 aliphatic carbocycles. The normalized spacial score (nSPS) is 11.3. The summed E-state index contributed by atoms with van der Waals surface area (Å²) < 4.78 is 5.68. The van der Waals surface area contributed by atoms with Crippen molar-refractivity contribution < 1.29 is 28.4 Å². The highest BCUT2D eigenvalue weighted by Crippen LogP contribution is 2.23. The van der Waals surface area contributed by atoms with Gasteiger partial charge in [-0.25, -0.2) is 5.06 Å². The van der Waals surface area contributed by atoms with E-state index in [2.05, 4.69) is 22.9 Å². The Hall–Kier alpha value is -4.44. The second-order valence-electron chi connectivity index (χ2n) is 9.20. The molecule has 10 heteroatoms. The average Bonchev–Trinajstić information content (AvgIpc) is 3.49. The number of hydrogen-bond acceptors (Lipinski definition) is 6. The van der Waals surface area contributed by atoms with Gasteiger partial charge in [0.2, 0.25) is 12.3 Å². The number of benzene rings is 2. The maximum Gasteiger partial charge on any atom is 0.288 e. The third kappa shape index (κ3) is 9.09. The molecule has 10 nitrogen and oxygen atoms in total. The number of rotatable bonds is 16. The van der Waals surface area contributed by atoms with Gasteiger partial charge >= 0.3 is 0 Å². The van der Waals surface area contributed by atoms with Crippen LogP contribution < -0.4 is 16.0 Å². The molecule has 0 aliphatic heterocycles. The molecule has 0 saturated carbocycles. The Bertz CT molecular complexity index is 1260. The Morgan fingerprint density at radius 2 is 1.77 bits per heavy atom. The minimum atomic E-state index is -0.507. The molecule has 0 aliphatic rings. The first-order chi connectivity index (χ1) is 19.4. The number of nitrogens with one attached hydrogen (secondary N) is 3. The van der Waals surface area contributed by atoms with E-state index < -0.39 is 11.8 Å². The molecule has 0 bridgehead atoms. The largest absolute Gasteiger partial charge is 0.451 e. The van der Waals surface area contributed by atoms with Crippen LogP contribution in [0.1, 0.15) is 59.1 Å². The molecular weight excluding hydrogens is 512 g/mol. The topological polar surface area (TPSA) is 130 Å². The maximum atomic E-state index is 13.0. The van der Waals surface area contributed by atoms with Crippen molar-refractivity contribution in [2.45, 2.75) is 39.2 Å². The van der Waals surface area contributed by atoms with Crippen LogP contribution in [-0.4, -0.2) is 49.5 Å². The molecular formula is C30H36N4O6. The third-order valence-corrected chi connectivity index (χ3v) is 6.26. The van der Waals surface area contributed by atoms with Gasteiger partial charge in [-0.05, 0) is 36.2 Å². The first-order valence-electron chi connectivity index (χ1n) is 13.3. The number of carbonyl (C=O) groups excluding carboxylic acids is 4. The predicted octanol–water partition coefficient (Wildman–Crippen LogP) is 3.90. The molecule has 1 atom stereocenters. The van der Waals surface area contributed by atoms with Gasteiger partial charge in [0.05, 0.1) is 19.1 Å². The lowest BCUT2D eigenvalue weighted by Crippen LogP contribution is -2.43. The molecule has 2 aromatic carbocycles. The standard InChI is InChI=1S/C30H36N4O6/c1-3-4-6-12-25(18-34(21-35)39-19-22-10-7-5-8-11-22)29(37)32-20-33-30(38)27-16-15-26(40-27)23-13-9-14-24(17-23)28(36)31-2/h5,7-11,13-17,21,25H,3-4,6,12,18-20H2,1-2H3,(H,31,36)(H,32,37)(H,33,38). The van der Waals surface area contributed by atoms with Crippen molar-refractivity contribution in [1.29, 1.82) is 0 Å². The van der Waals surface area contributed by atoms with Crippen molar-refractivity contribution in [3.05, 3.63) is 83.6 Å². The van der Waals surface area contributed by atoms with Crippen LogP contribution in [0.25, 0.3) is 11.3 Å². The lowest BCUT2D eigenvalue weighted by atomic mass is 10.0. The Morgan fingerprint density at radius 1 is 0.975 bits per heavy atom. The Kier molecular flexibility index (Phi) is 11.9. The predicted molar refractivity (Wildman–Crippen MR) is 150 cm³/mol. The van der Waals surface area contributed by atoms with E-state index in [1.165, 1.54) is 6.07 Å². The third-order valence-electron chi connectivity index (χ3n) is 6.26. The van der Waals surface area contributed by atoms with Crippen molar-refractivity contribution in [2.24, 2.45) is 5.92 Å². The molecule has 0 radical (unpaired) electrons. The quantitative estimate of drug-likeness (QED) is 0.108. The summed E-state index contributed by atoms with van der Waals surface area (Å²) in [7, 11) is 1.55. The van der Waals surface area contributed by atoms with Gasteiger partial charge in [-0.15, -0.1) is 0 Å². The number of hydroxylamine groups is 2. The SMILES string of the molecule is CCCCCC(CN(C=O)OCc1ccccc1)C(=O)NCNC(=O)c1ccc(-c2cccc(C(=O)NC)c2)o1. The summed E-state index contributed by atoms with van der Waals surface area (Å²) in [5.41, 5.74) is 2.03. The van der Waals surface area contributed by atoms with Gasteiger partial charge in [0.15, 0.2) is 5.76 Å². The molecule has 1 aromatic heterocycles. The zero-order chi connectivity index (χ0) is 28.7. The number of furan rings is 1. The number of nitrogens with zero attached hydrogens (tertiary/aromatic N) is 1. The zero-order valence-corrected chi connectivity index (χ0v) is 22.9. The number of unbranched alkanes of at least 4 members (excludes halogenated alkanes) is 2. The monoisotopic (exact) mass is 548 g/mol. The average molecular weight is 549 g/mol. The molecule has 0 spiro atoms. The van der Waals surface area contributed by atoms with E-state index in [0.29, 0.717) is 29.7 Å². The molecule has 3 rings (SSSR count). The van der Waals surface area contributed by atoms with Crippen LogP contribution in [0.5, 0.6) is 0 Å². The van der Waals surface area contributed by atoms with E-state index in [1.807, 2.05) is 30.3 Å². The molecule has 0 fully saturated rings. The fourth-order valence-corrected chi connectivity index (χ4v) is 4.04. The smallest absolute Gasteiger partial charge is 0.288 e. The Morgan fingerprint density at radius 3 is 2.50 bits per heavy atom. The zero-order valence-electron chi connectivity index (χ0n) is 22.9.